The fourth-order valence-corrected chi connectivity index (χ4v) is 4.85. The van der Waals surface area contributed by atoms with Crippen molar-refractivity contribution in [2.24, 2.45) is 0 Å². The lowest BCUT2D eigenvalue weighted by atomic mass is 10.1. The van der Waals surface area contributed by atoms with Crippen LogP contribution < -0.4 is 19.1 Å². The van der Waals surface area contributed by atoms with Crippen LogP contribution in [-0.2, 0) is 11.3 Å². The fraction of sp³-hybridized carbons (Fsp3) is 0.310. The zero-order chi connectivity index (χ0) is 24.9. The first-order valence-electron chi connectivity index (χ1n) is 12.4. The van der Waals surface area contributed by atoms with Crippen LogP contribution in [0.5, 0.6) is 17.2 Å². The molecule has 0 bridgehead atoms. The van der Waals surface area contributed by atoms with E-state index in [0.29, 0.717) is 26.2 Å². The summed E-state index contributed by atoms with van der Waals surface area (Å²) in [6.45, 7) is 4.36. The number of rotatable bonds is 10. The first-order chi connectivity index (χ1) is 17.7. The van der Waals surface area contributed by atoms with Gasteiger partial charge in [-0.2, -0.15) is 0 Å². The third-order valence-electron chi connectivity index (χ3n) is 6.48. The highest BCUT2D eigenvalue weighted by molar-refractivity contribution is 5.97. The highest BCUT2D eigenvalue weighted by atomic mass is 16.5. The second-order valence-corrected chi connectivity index (χ2v) is 8.77. The van der Waals surface area contributed by atoms with E-state index in [9.17, 15) is 4.79 Å². The van der Waals surface area contributed by atoms with Crippen molar-refractivity contribution in [1.29, 1.82) is 0 Å². The monoisotopic (exact) mass is 485 g/mol. The van der Waals surface area contributed by atoms with Gasteiger partial charge in [0.1, 0.15) is 11.6 Å². The molecule has 1 aliphatic heterocycles. The standard InChI is InChI=1S/C29H31N3O4/c1-3-35-25-14-7-6-13-24(25)32-20-21(19-28(32)33)29-30-22-11-4-5-12-23(22)31(29)17-10-18-36-27-16-9-8-15-26(27)34-2/h4-9,11-16,21H,3,10,17-20H2,1-2H3/t21-/m0/s1. The molecule has 1 aromatic heterocycles. The Morgan fingerprint density at radius 1 is 0.917 bits per heavy atom. The Kier molecular flexibility index (Phi) is 7.07. The summed E-state index contributed by atoms with van der Waals surface area (Å²) in [6.07, 6.45) is 1.21. The van der Waals surface area contributed by atoms with Crippen molar-refractivity contribution in [2.75, 3.05) is 31.8 Å². The molecule has 36 heavy (non-hydrogen) atoms. The predicted octanol–water partition coefficient (Wildman–Crippen LogP) is 5.43. The number of fused-ring (bicyclic) bond motifs is 1. The van der Waals surface area contributed by atoms with E-state index in [-0.39, 0.29) is 11.8 Å². The Morgan fingerprint density at radius 2 is 1.64 bits per heavy atom. The van der Waals surface area contributed by atoms with Crippen LogP contribution in [0.2, 0.25) is 0 Å². The van der Waals surface area contributed by atoms with Gasteiger partial charge in [-0.3, -0.25) is 4.79 Å². The number of benzene rings is 3. The summed E-state index contributed by atoms with van der Waals surface area (Å²) in [4.78, 5) is 19.9. The molecule has 0 saturated carbocycles. The molecule has 186 valence electrons. The summed E-state index contributed by atoms with van der Waals surface area (Å²) in [5.74, 6) is 3.22. The van der Waals surface area contributed by atoms with E-state index in [2.05, 4.69) is 10.6 Å². The highest BCUT2D eigenvalue weighted by Gasteiger charge is 2.36. The number of nitrogens with zero attached hydrogens (tertiary/aromatic N) is 3. The van der Waals surface area contributed by atoms with Crippen LogP contribution in [0.25, 0.3) is 11.0 Å². The van der Waals surface area contributed by atoms with Crippen LogP contribution in [0.15, 0.2) is 72.8 Å². The van der Waals surface area contributed by atoms with E-state index in [4.69, 9.17) is 19.2 Å². The normalized spacial score (nSPS) is 15.4. The number of carbonyl (C=O) groups excluding carboxylic acids is 1. The number of hydrogen-bond acceptors (Lipinski definition) is 5. The maximum atomic E-state index is 13.1. The average molecular weight is 486 g/mol. The molecule has 5 rings (SSSR count). The summed E-state index contributed by atoms with van der Waals surface area (Å²) in [6, 6.07) is 23.5. The molecule has 1 atom stereocenters. The van der Waals surface area contributed by atoms with Crippen LogP contribution in [0, 0.1) is 0 Å². The quantitative estimate of drug-likeness (QED) is 0.280. The number of aromatic nitrogens is 2. The second kappa shape index (κ2) is 10.7. The first kappa shape index (κ1) is 23.7. The Morgan fingerprint density at radius 3 is 2.44 bits per heavy atom. The van der Waals surface area contributed by atoms with Crippen molar-refractivity contribution in [2.45, 2.75) is 32.2 Å². The van der Waals surface area contributed by atoms with Gasteiger partial charge in [0.2, 0.25) is 5.91 Å². The van der Waals surface area contributed by atoms with E-state index < -0.39 is 0 Å². The molecule has 7 heteroatoms. The van der Waals surface area contributed by atoms with Gasteiger partial charge in [-0.1, -0.05) is 36.4 Å². The lowest BCUT2D eigenvalue weighted by Crippen LogP contribution is -2.25. The van der Waals surface area contributed by atoms with Gasteiger partial charge >= 0.3 is 0 Å². The lowest BCUT2D eigenvalue weighted by molar-refractivity contribution is -0.117. The number of amides is 1. The molecule has 3 aromatic carbocycles. The molecule has 0 spiro atoms. The van der Waals surface area contributed by atoms with E-state index >= 15 is 0 Å². The van der Waals surface area contributed by atoms with Crippen LogP contribution in [0.3, 0.4) is 0 Å². The fourth-order valence-electron chi connectivity index (χ4n) is 4.85. The third kappa shape index (κ3) is 4.73. The van der Waals surface area contributed by atoms with Gasteiger partial charge in [0.25, 0.3) is 0 Å². The highest BCUT2D eigenvalue weighted by Crippen LogP contribution is 2.37. The van der Waals surface area contributed by atoms with Gasteiger partial charge in [0, 0.05) is 25.4 Å². The average Bonchev–Trinajstić information content (AvgIpc) is 3.47. The molecular weight excluding hydrogens is 454 g/mol. The molecular formula is C29H31N3O4. The SMILES string of the molecule is CCOc1ccccc1N1C[C@@H](c2nc3ccccc3n2CCCOc2ccccc2OC)CC1=O. The summed E-state index contributed by atoms with van der Waals surface area (Å²) < 4.78 is 19.4. The number of ether oxygens (including phenoxy) is 3. The Labute approximate surface area is 211 Å². The Hall–Kier alpha value is -4.00. The van der Waals surface area contributed by atoms with Crippen LogP contribution in [0.4, 0.5) is 5.69 Å². The van der Waals surface area contributed by atoms with Crippen molar-refractivity contribution >= 4 is 22.6 Å². The van der Waals surface area contributed by atoms with Gasteiger partial charge in [-0.15, -0.1) is 0 Å². The first-order valence-corrected chi connectivity index (χ1v) is 12.4. The van der Waals surface area contributed by atoms with Gasteiger partial charge < -0.3 is 23.7 Å². The second-order valence-electron chi connectivity index (χ2n) is 8.77. The van der Waals surface area contributed by atoms with Crippen molar-refractivity contribution in [1.82, 2.24) is 9.55 Å². The van der Waals surface area contributed by atoms with E-state index in [1.165, 1.54) is 0 Å². The lowest BCUT2D eigenvalue weighted by Gasteiger charge is -2.20. The van der Waals surface area contributed by atoms with Gasteiger partial charge in [0.15, 0.2) is 11.5 Å². The molecule has 1 aliphatic rings. The van der Waals surface area contributed by atoms with E-state index in [1.54, 1.807) is 7.11 Å². The van der Waals surface area contributed by atoms with Crippen LogP contribution in [-0.4, -0.2) is 42.3 Å². The van der Waals surface area contributed by atoms with Crippen molar-refractivity contribution in [3.63, 3.8) is 0 Å². The number of carbonyl (C=O) groups is 1. The molecule has 0 aliphatic carbocycles. The number of imidazole rings is 1. The molecule has 1 amide bonds. The molecule has 2 heterocycles. The number of methoxy groups -OCH3 is 1. The minimum absolute atomic E-state index is 0.00489. The van der Waals surface area contributed by atoms with Crippen LogP contribution in [0.1, 0.15) is 31.5 Å². The van der Waals surface area contributed by atoms with E-state index in [1.807, 2.05) is 78.6 Å². The topological polar surface area (TPSA) is 65.8 Å². The molecule has 4 aromatic rings. The number of hydrogen-bond donors (Lipinski definition) is 0. The van der Waals surface area contributed by atoms with Gasteiger partial charge in [0.05, 0.1) is 37.0 Å². The van der Waals surface area contributed by atoms with Crippen molar-refractivity contribution in [3.05, 3.63) is 78.6 Å². The molecule has 0 radical (unpaired) electrons. The summed E-state index contributed by atoms with van der Waals surface area (Å²) in [7, 11) is 1.64. The third-order valence-corrected chi connectivity index (χ3v) is 6.48. The Bertz CT molecular complexity index is 1350. The van der Waals surface area contributed by atoms with Gasteiger partial charge in [-0.25, -0.2) is 4.98 Å². The number of aryl methyl sites for hydroxylation is 1. The number of anilines is 1. The smallest absolute Gasteiger partial charge is 0.227 e. The van der Waals surface area contributed by atoms with Crippen molar-refractivity contribution in [3.8, 4) is 17.2 Å². The summed E-state index contributed by atoms with van der Waals surface area (Å²) >= 11 is 0. The maximum absolute atomic E-state index is 13.1. The van der Waals surface area contributed by atoms with Crippen LogP contribution >= 0.6 is 0 Å². The Balaban J connectivity index is 1.35. The minimum atomic E-state index is -0.00489. The molecule has 0 N–H and O–H groups in total. The van der Waals surface area contributed by atoms with Gasteiger partial charge in [-0.05, 0) is 49.7 Å². The molecule has 1 saturated heterocycles. The molecule has 0 unspecified atom stereocenters. The minimum Gasteiger partial charge on any atom is -0.493 e. The zero-order valence-electron chi connectivity index (χ0n) is 20.7. The summed E-state index contributed by atoms with van der Waals surface area (Å²) in [5.41, 5.74) is 2.84. The predicted molar refractivity (Wildman–Crippen MR) is 140 cm³/mol. The largest absolute Gasteiger partial charge is 0.493 e. The summed E-state index contributed by atoms with van der Waals surface area (Å²) in [5, 5.41) is 0. The maximum Gasteiger partial charge on any atom is 0.227 e. The number of para-hydroxylation sites is 6. The molecule has 7 nitrogen and oxygen atoms in total. The van der Waals surface area contributed by atoms with E-state index in [0.717, 1.165) is 52.8 Å². The zero-order valence-corrected chi connectivity index (χ0v) is 20.7. The van der Waals surface area contributed by atoms with Crippen molar-refractivity contribution < 1.29 is 19.0 Å². The molecule has 1 fully saturated rings.